The Bertz CT molecular complexity index is 314. The fraction of sp³-hybridized carbons (Fsp3) is 0.222. The van der Waals surface area contributed by atoms with Crippen molar-refractivity contribution in [1.82, 2.24) is 0 Å². The lowest BCUT2D eigenvalue weighted by atomic mass is 10.1. The number of primary amides is 1. The van der Waals surface area contributed by atoms with Crippen molar-refractivity contribution >= 4 is 23.4 Å². The normalized spacial score (nSPS) is 12.4. The molecular weight excluding hydrogens is 184 g/mol. The second kappa shape index (κ2) is 4.18. The van der Waals surface area contributed by atoms with Crippen LogP contribution in [0.15, 0.2) is 24.3 Å². The van der Waals surface area contributed by atoms with Gasteiger partial charge in [0, 0.05) is 5.69 Å². The van der Waals surface area contributed by atoms with Crippen LogP contribution in [0.5, 0.6) is 0 Å². The second-order valence-corrected chi connectivity index (χ2v) is 3.59. The summed E-state index contributed by atoms with van der Waals surface area (Å²) in [6, 6.07) is 7.26. The van der Waals surface area contributed by atoms with E-state index in [9.17, 15) is 4.79 Å². The maximum atomic E-state index is 11.0. The van der Waals surface area contributed by atoms with Crippen LogP contribution in [0, 0.1) is 0 Å². The Morgan fingerprint density at radius 1 is 1.46 bits per heavy atom. The van der Waals surface area contributed by atoms with Gasteiger partial charge in [0.1, 0.15) is 5.25 Å². The highest BCUT2D eigenvalue weighted by atomic mass is 32.2. The number of amides is 1. The van der Waals surface area contributed by atoms with Gasteiger partial charge in [0.25, 0.3) is 0 Å². The molecule has 13 heavy (non-hydrogen) atoms. The summed E-state index contributed by atoms with van der Waals surface area (Å²) in [4.78, 5) is 11.0. The van der Waals surface area contributed by atoms with E-state index in [0.29, 0.717) is 5.69 Å². The number of benzene rings is 1. The molecule has 3 nitrogen and oxygen atoms in total. The molecule has 1 rings (SSSR count). The molecule has 0 aliphatic carbocycles. The minimum Gasteiger partial charge on any atom is -0.398 e. The van der Waals surface area contributed by atoms with Crippen molar-refractivity contribution in [2.75, 3.05) is 12.0 Å². The highest BCUT2D eigenvalue weighted by molar-refractivity contribution is 7.99. The van der Waals surface area contributed by atoms with Gasteiger partial charge >= 0.3 is 0 Å². The molecule has 4 N–H and O–H groups in total. The highest BCUT2D eigenvalue weighted by Gasteiger charge is 2.17. The number of nitrogens with two attached hydrogens (primary N) is 2. The van der Waals surface area contributed by atoms with Crippen molar-refractivity contribution in [2.45, 2.75) is 5.25 Å². The van der Waals surface area contributed by atoms with Gasteiger partial charge in [-0.2, -0.15) is 0 Å². The summed E-state index contributed by atoms with van der Waals surface area (Å²) in [6.45, 7) is 0. The molecule has 1 aromatic carbocycles. The van der Waals surface area contributed by atoms with E-state index in [1.54, 1.807) is 6.07 Å². The Hall–Kier alpha value is -1.16. The first-order valence-corrected chi connectivity index (χ1v) is 5.12. The molecule has 70 valence electrons. The van der Waals surface area contributed by atoms with Crippen molar-refractivity contribution in [3.63, 3.8) is 0 Å². The lowest BCUT2D eigenvalue weighted by Gasteiger charge is -2.12. The van der Waals surface area contributed by atoms with E-state index >= 15 is 0 Å². The number of rotatable bonds is 3. The lowest BCUT2D eigenvalue weighted by molar-refractivity contribution is -0.117. The zero-order chi connectivity index (χ0) is 9.84. The number of para-hydroxylation sites is 1. The van der Waals surface area contributed by atoms with Crippen molar-refractivity contribution in [2.24, 2.45) is 5.73 Å². The highest BCUT2D eigenvalue weighted by Crippen LogP contribution is 2.29. The topological polar surface area (TPSA) is 69.1 Å². The quantitative estimate of drug-likeness (QED) is 0.713. The number of hydrogen-bond donors (Lipinski definition) is 2. The SMILES string of the molecule is CSC(C(N)=O)c1ccccc1N. The number of nitrogen functional groups attached to an aromatic ring is 1. The summed E-state index contributed by atoms with van der Waals surface area (Å²) in [6.07, 6.45) is 1.84. The maximum absolute atomic E-state index is 11.0. The Balaban J connectivity index is 3.04. The van der Waals surface area contributed by atoms with Gasteiger partial charge in [-0.15, -0.1) is 11.8 Å². The molecule has 1 atom stereocenters. The molecule has 0 spiro atoms. The van der Waals surface area contributed by atoms with Gasteiger partial charge in [0.15, 0.2) is 0 Å². The molecule has 1 amide bonds. The molecule has 0 saturated carbocycles. The molecule has 0 saturated heterocycles. The van der Waals surface area contributed by atoms with E-state index < -0.39 is 0 Å². The van der Waals surface area contributed by atoms with Gasteiger partial charge in [0.2, 0.25) is 5.91 Å². The average Bonchev–Trinajstić information content (AvgIpc) is 2.09. The number of thioether (sulfide) groups is 1. The third-order valence-corrected chi connectivity index (χ3v) is 2.73. The van der Waals surface area contributed by atoms with Crippen LogP contribution in [0.3, 0.4) is 0 Å². The van der Waals surface area contributed by atoms with E-state index in [1.165, 1.54) is 11.8 Å². The molecule has 0 aromatic heterocycles. The summed E-state index contributed by atoms with van der Waals surface area (Å²) in [5.41, 5.74) is 12.4. The first kappa shape index (κ1) is 9.92. The molecule has 4 heteroatoms. The van der Waals surface area contributed by atoms with Gasteiger partial charge in [0.05, 0.1) is 0 Å². The van der Waals surface area contributed by atoms with Crippen LogP contribution in [0.25, 0.3) is 0 Å². The van der Waals surface area contributed by atoms with Crippen LogP contribution in [-0.2, 0) is 4.79 Å². The first-order valence-electron chi connectivity index (χ1n) is 3.83. The van der Waals surface area contributed by atoms with Crippen LogP contribution < -0.4 is 11.5 Å². The zero-order valence-corrected chi connectivity index (χ0v) is 8.17. The molecule has 0 bridgehead atoms. The van der Waals surface area contributed by atoms with Crippen molar-refractivity contribution in [1.29, 1.82) is 0 Å². The van der Waals surface area contributed by atoms with Gasteiger partial charge in [-0.05, 0) is 17.9 Å². The van der Waals surface area contributed by atoms with E-state index in [0.717, 1.165) is 5.56 Å². The number of carbonyl (C=O) groups is 1. The zero-order valence-electron chi connectivity index (χ0n) is 7.36. The molecule has 1 unspecified atom stereocenters. The molecule has 0 aliphatic rings. The minimum absolute atomic E-state index is 0.346. The molecule has 1 aromatic rings. The van der Waals surface area contributed by atoms with Crippen LogP contribution in [0.2, 0.25) is 0 Å². The monoisotopic (exact) mass is 196 g/mol. The molecule has 0 aliphatic heterocycles. The van der Waals surface area contributed by atoms with E-state index in [4.69, 9.17) is 11.5 Å². The summed E-state index contributed by atoms with van der Waals surface area (Å²) in [5, 5.41) is -0.346. The number of anilines is 1. The summed E-state index contributed by atoms with van der Waals surface area (Å²) in [7, 11) is 0. The van der Waals surface area contributed by atoms with Gasteiger partial charge in [-0.3, -0.25) is 4.79 Å². The standard InChI is InChI=1S/C9H12N2OS/c1-13-8(9(11)12)6-4-2-3-5-7(6)10/h2-5,8H,10H2,1H3,(H2,11,12). The van der Waals surface area contributed by atoms with Gasteiger partial charge in [-0.25, -0.2) is 0 Å². The molecule has 0 radical (unpaired) electrons. The molecular formula is C9H12N2OS. The van der Waals surface area contributed by atoms with Crippen LogP contribution in [0.1, 0.15) is 10.8 Å². The average molecular weight is 196 g/mol. The summed E-state index contributed by atoms with van der Waals surface area (Å²) in [5.74, 6) is -0.356. The van der Waals surface area contributed by atoms with Crippen molar-refractivity contribution in [3.05, 3.63) is 29.8 Å². The van der Waals surface area contributed by atoms with Crippen molar-refractivity contribution < 1.29 is 4.79 Å². The Kier molecular flexibility index (Phi) is 3.19. The Morgan fingerprint density at radius 3 is 2.54 bits per heavy atom. The first-order chi connectivity index (χ1) is 6.16. The number of carbonyl (C=O) groups excluding carboxylic acids is 1. The van der Waals surface area contributed by atoms with E-state index in [-0.39, 0.29) is 11.2 Å². The smallest absolute Gasteiger partial charge is 0.235 e. The fourth-order valence-electron chi connectivity index (χ4n) is 1.15. The summed E-state index contributed by atoms with van der Waals surface area (Å²) < 4.78 is 0. The maximum Gasteiger partial charge on any atom is 0.235 e. The minimum atomic E-state index is -0.356. The van der Waals surface area contributed by atoms with Crippen LogP contribution >= 0.6 is 11.8 Å². The third-order valence-electron chi connectivity index (χ3n) is 1.77. The second-order valence-electron chi connectivity index (χ2n) is 2.65. The van der Waals surface area contributed by atoms with E-state index in [2.05, 4.69) is 0 Å². The third kappa shape index (κ3) is 2.15. The molecule has 0 heterocycles. The predicted molar refractivity (Wildman–Crippen MR) is 56.3 cm³/mol. The predicted octanol–water partition coefficient (Wildman–Crippen LogP) is 1.16. The van der Waals surface area contributed by atoms with Gasteiger partial charge < -0.3 is 11.5 Å². The number of hydrogen-bond acceptors (Lipinski definition) is 3. The Labute approximate surface area is 81.5 Å². The molecule has 0 fully saturated rings. The lowest BCUT2D eigenvalue weighted by Crippen LogP contribution is -2.19. The van der Waals surface area contributed by atoms with Gasteiger partial charge in [-0.1, -0.05) is 18.2 Å². The largest absolute Gasteiger partial charge is 0.398 e. The van der Waals surface area contributed by atoms with Crippen LogP contribution in [0.4, 0.5) is 5.69 Å². The fourth-order valence-corrected chi connectivity index (χ4v) is 1.85. The van der Waals surface area contributed by atoms with Crippen LogP contribution in [-0.4, -0.2) is 12.2 Å². The summed E-state index contributed by atoms with van der Waals surface area (Å²) >= 11 is 1.39. The Morgan fingerprint density at radius 2 is 2.08 bits per heavy atom. The van der Waals surface area contributed by atoms with Crippen molar-refractivity contribution in [3.8, 4) is 0 Å². The van der Waals surface area contributed by atoms with E-state index in [1.807, 2.05) is 24.5 Å².